The van der Waals surface area contributed by atoms with Crippen molar-refractivity contribution >= 4 is 29.1 Å². The van der Waals surface area contributed by atoms with Crippen LogP contribution in [0.5, 0.6) is 0 Å². The number of hydrogen-bond donors (Lipinski definition) is 2. The number of benzene rings is 2. The summed E-state index contributed by atoms with van der Waals surface area (Å²) in [5.74, 6) is -0.602. The van der Waals surface area contributed by atoms with Crippen LogP contribution in [0.1, 0.15) is 24.5 Å². The van der Waals surface area contributed by atoms with Crippen LogP contribution in [0.3, 0.4) is 0 Å². The molecule has 0 aliphatic rings. The van der Waals surface area contributed by atoms with Crippen LogP contribution in [-0.2, 0) is 22.4 Å². The number of amides is 2. The molecule has 0 spiro atoms. The molecule has 2 rings (SSSR count). The molecule has 2 aromatic carbocycles. The minimum absolute atomic E-state index is 0.184. The summed E-state index contributed by atoms with van der Waals surface area (Å²) in [6.07, 6.45) is 1.46. The SMILES string of the molecule is CCc1ccc(NC(=O)CC(=O)NCCc2ccc(Cl)cc2)cc1. The fourth-order valence-electron chi connectivity index (χ4n) is 2.23. The Morgan fingerprint density at radius 3 is 2.17 bits per heavy atom. The molecule has 0 aliphatic carbocycles. The van der Waals surface area contributed by atoms with Crippen molar-refractivity contribution in [2.45, 2.75) is 26.2 Å². The van der Waals surface area contributed by atoms with Gasteiger partial charge < -0.3 is 10.6 Å². The Balaban J connectivity index is 1.70. The first-order chi connectivity index (χ1) is 11.6. The third-order valence-corrected chi connectivity index (χ3v) is 3.87. The standard InChI is InChI=1S/C19H21ClN2O2/c1-2-14-5-9-17(10-6-14)22-19(24)13-18(23)21-12-11-15-3-7-16(20)8-4-15/h3-10H,2,11-13H2,1H3,(H,21,23)(H,22,24). The molecule has 0 aromatic heterocycles. The second kappa shape index (κ2) is 9.08. The van der Waals surface area contributed by atoms with Crippen molar-refractivity contribution in [2.75, 3.05) is 11.9 Å². The number of halogens is 1. The lowest BCUT2D eigenvalue weighted by Crippen LogP contribution is -2.29. The van der Waals surface area contributed by atoms with Crippen LogP contribution in [0.25, 0.3) is 0 Å². The van der Waals surface area contributed by atoms with Crippen molar-refractivity contribution < 1.29 is 9.59 Å². The van der Waals surface area contributed by atoms with Gasteiger partial charge in [0.15, 0.2) is 0 Å². The van der Waals surface area contributed by atoms with E-state index in [1.54, 1.807) is 0 Å². The van der Waals surface area contributed by atoms with E-state index in [4.69, 9.17) is 11.6 Å². The number of anilines is 1. The van der Waals surface area contributed by atoms with Gasteiger partial charge in [0.2, 0.25) is 11.8 Å². The van der Waals surface area contributed by atoms with Gasteiger partial charge in [0.25, 0.3) is 0 Å². The second-order valence-corrected chi connectivity index (χ2v) is 5.94. The Hall–Kier alpha value is -2.33. The number of nitrogens with one attached hydrogen (secondary N) is 2. The number of carbonyl (C=O) groups excluding carboxylic acids is 2. The Kier molecular flexibility index (Phi) is 6.82. The molecule has 126 valence electrons. The van der Waals surface area contributed by atoms with Crippen molar-refractivity contribution in [1.82, 2.24) is 5.32 Å². The van der Waals surface area contributed by atoms with Gasteiger partial charge in [-0.1, -0.05) is 42.8 Å². The molecule has 0 fully saturated rings. The summed E-state index contributed by atoms with van der Waals surface area (Å²) in [6.45, 7) is 2.56. The molecule has 0 radical (unpaired) electrons. The highest BCUT2D eigenvalue weighted by Crippen LogP contribution is 2.11. The van der Waals surface area contributed by atoms with E-state index < -0.39 is 0 Å². The van der Waals surface area contributed by atoms with Crippen molar-refractivity contribution in [3.63, 3.8) is 0 Å². The van der Waals surface area contributed by atoms with Gasteiger partial charge in [0, 0.05) is 17.3 Å². The van der Waals surface area contributed by atoms with E-state index in [9.17, 15) is 9.59 Å². The van der Waals surface area contributed by atoms with Crippen LogP contribution < -0.4 is 10.6 Å². The van der Waals surface area contributed by atoms with Gasteiger partial charge in [-0.05, 0) is 48.2 Å². The van der Waals surface area contributed by atoms with Crippen molar-refractivity contribution in [3.8, 4) is 0 Å². The molecular formula is C19H21ClN2O2. The van der Waals surface area contributed by atoms with Crippen molar-refractivity contribution in [2.24, 2.45) is 0 Å². The largest absolute Gasteiger partial charge is 0.355 e. The van der Waals surface area contributed by atoms with Gasteiger partial charge in [-0.25, -0.2) is 0 Å². The van der Waals surface area contributed by atoms with E-state index in [2.05, 4.69) is 17.6 Å². The zero-order chi connectivity index (χ0) is 17.4. The molecule has 24 heavy (non-hydrogen) atoms. The van der Waals surface area contributed by atoms with Gasteiger partial charge >= 0.3 is 0 Å². The highest BCUT2D eigenvalue weighted by molar-refractivity contribution is 6.30. The van der Waals surface area contributed by atoms with E-state index in [-0.39, 0.29) is 18.2 Å². The van der Waals surface area contributed by atoms with E-state index >= 15 is 0 Å². The topological polar surface area (TPSA) is 58.2 Å². The average molecular weight is 345 g/mol. The molecular weight excluding hydrogens is 324 g/mol. The summed E-state index contributed by atoms with van der Waals surface area (Å²) in [5.41, 5.74) is 2.99. The van der Waals surface area contributed by atoms with Gasteiger partial charge in [-0.2, -0.15) is 0 Å². The average Bonchev–Trinajstić information content (AvgIpc) is 2.57. The maximum Gasteiger partial charge on any atom is 0.233 e. The van der Waals surface area contributed by atoms with Crippen molar-refractivity contribution in [1.29, 1.82) is 0 Å². The van der Waals surface area contributed by atoms with E-state index in [0.717, 1.165) is 12.0 Å². The molecule has 0 saturated carbocycles. The molecule has 2 N–H and O–H groups in total. The Morgan fingerprint density at radius 1 is 0.917 bits per heavy atom. The maximum absolute atomic E-state index is 11.9. The van der Waals surface area contributed by atoms with Gasteiger partial charge in [-0.3, -0.25) is 9.59 Å². The molecule has 2 aromatic rings. The van der Waals surface area contributed by atoms with Crippen molar-refractivity contribution in [3.05, 3.63) is 64.7 Å². The highest BCUT2D eigenvalue weighted by atomic mass is 35.5. The predicted molar refractivity (Wildman–Crippen MR) is 97.2 cm³/mol. The zero-order valence-electron chi connectivity index (χ0n) is 13.6. The summed E-state index contributed by atoms with van der Waals surface area (Å²) in [4.78, 5) is 23.7. The molecule has 0 aliphatic heterocycles. The first-order valence-electron chi connectivity index (χ1n) is 7.96. The minimum Gasteiger partial charge on any atom is -0.355 e. The molecule has 0 bridgehead atoms. The second-order valence-electron chi connectivity index (χ2n) is 5.50. The third kappa shape index (κ3) is 6.05. The fraction of sp³-hybridized carbons (Fsp3) is 0.263. The normalized spacial score (nSPS) is 10.2. The summed E-state index contributed by atoms with van der Waals surface area (Å²) in [5, 5.41) is 6.16. The lowest BCUT2D eigenvalue weighted by Gasteiger charge is -2.07. The summed E-state index contributed by atoms with van der Waals surface area (Å²) in [7, 11) is 0. The summed E-state index contributed by atoms with van der Waals surface area (Å²) in [6, 6.07) is 15.1. The zero-order valence-corrected chi connectivity index (χ0v) is 14.4. The first-order valence-corrected chi connectivity index (χ1v) is 8.34. The Labute approximate surface area is 147 Å². The van der Waals surface area contributed by atoms with Crippen LogP contribution in [0.2, 0.25) is 5.02 Å². The van der Waals surface area contributed by atoms with Crippen LogP contribution in [0.15, 0.2) is 48.5 Å². The van der Waals surface area contributed by atoms with Gasteiger partial charge in [-0.15, -0.1) is 0 Å². The van der Waals surface area contributed by atoms with E-state index in [0.29, 0.717) is 23.7 Å². The number of rotatable bonds is 7. The van der Waals surface area contributed by atoms with Crippen LogP contribution in [-0.4, -0.2) is 18.4 Å². The molecule has 5 heteroatoms. The molecule has 2 amide bonds. The molecule has 4 nitrogen and oxygen atoms in total. The Morgan fingerprint density at radius 2 is 1.54 bits per heavy atom. The summed E-state index contributed by atoms with van der Waals surface area (Å²) >= 11 is 5.82. The third-order valence-electron chi connectivity index (χ3n) is 3.62. The van der Waals surface area contributed by atoms with Gasteiger partial charge in [0.05, 0.1) is 0 Å². The predicted octanol–water partition coefficient (Wildman–Crippen LogP) is 3.59. The van der Waals surface area contributed by atoms with Gasteiger partial charge in [0.1, 0.15) is 6.42 Å². The smallest absolute Gasteiger partial charge is 0.233 e. The maximum atomic E-state index is 11.9. The van der Waals surface area contributed by atoms with E-state index in [1.807, 2.05) is 48.5 Å². The molecule has 0 saturated heterocycles. The number of aryl methyl sites for hydroxylation is 1. The van der Waals surface area contributed by atoms with Crippen LogP contribution in [0, 0.1) is 0 Å². The van der Waals surface area contributed by atoms with E-state index in [1.165, 1.54) is 5.56 Å². The lowest BCUT2D eigenvalue weighted by molar-refractivity contribution is -0.126. The quantitative estimate of drug-likeness (QED) is 0.754. The molecule has 0 heterocycles. The monoisotopic (exact) mass is 344 g/mol. The lowest BCUT2D eigenvalue weighted by atomic mass is 10.1. The summed E-state index contributed by atoms with van der Waals surface area (Å²) < 4.78 is 0. The molecule has 0 unspecified atom stereocenters. The number of hydrogen-bond acceptors (Lipinski definition) is 2. The van der Waals surface area contributed by atoms with Crippen LogP contribution >= 0.6 is 11.6 Å². The molecule has 0 atom stereocenters. The number of carbonyl (C=O) groups is 2. The first kappa shape index (κ1) is 18.0. The highest BCUT2D eigenvalue weighted by Gasteiger charge is 2.09. The Bertz CT molecular complexity index is 682. The minimum atomic E-state index is -0.316. The van der Waals surface area contributed by atoms with Crippen LogP contribution in [0.4, 0.5) is 5.69 Å². The fourth-order valence-corrected chi connectivity index (χ4v) is 2.36.